The van der Waals surface area contributed by atoms with E-state index in [-0.39, 0.29) is 17.2 Å². The van der Waals surface area contributed by atoms with Crippen molar-refractivity contribution in [1.82, 2.24) is 0 Å². The van der Waals surface area contributed by atoms with Crippen LogP contribution in [0.25, 0.3) is 0 Å². The van der Waals surface area contributed by atoms with E-state index >= 15 is 0 Å². The summed E-state index contributed by atoms with van der Waals surface area (Å²) in [4.78, 5) is 37.8. The maximum Gasteiger partial charge on any atom is 0.340 e. The van der Waals surface area contributed by atoms with Crippen molar-refractivity contribution in [2.24, 2.45) is 0 Å². The Morgan fingerprint density at radius 3 is 2.21 bits per heavy atom. The van der Waals surface area contributed by atoms with E-state index in [4.69, 9.17) is 4.74 Å². The summed E-state index contributed by atoms with van der Waals surface area (Å²) in [6, 6.07) is 19.4. The number of nitrogens with one attached hydrogen (secondary N) is 2. The summed E-state index contributed by atoms with van der Waals surface area (Å²) < 4.78 is 18.3. The largest absolute Gasteiger partial charge is 0.449 e. The van der Waals surface area contributed by atoms with Crippen molar-refractivity contribution < 1.29 is 23.5 Å². The molecule has 0 heterocycles. The zero-order valence-electron chi connectivity index (χ0n) is 18.1. The van der Waals surface area contributed by atoms with E-state index in [2.05, 4.69) is 10.6 Å². The Bertz CT molecular complexity index is 1130. The number of carbonyl (C=O) groups is 3. The van der Waals surface area contributed by atoms with Gasteiger partial charge in [0.1, 0.15) is 5.82 Å². The molecule has 6 nitrogen and oxygen atoms in total. The first-order chi connectivity index (χ1) is 15.8. The first-order valence-electron chi connectivity index (χ1n) is 10.2. The molecule has 3 aromatic carbocycles. The Balaban J connectivity index is 1.57. The van der Waals surface area contributed by atoms with Gasteiger partial charge in [0, 0.05) is 16.3 Å². The van der Waals surface area contributed by atoms with Gasteiger partial charge in [-0.3, -0.25) is 9.59 Å². The van der Waals surface area contributed by atoms with E-state index in [0.29, 0.717) is 16.3 Å². The molecular weight excluding hydrogens is 443 g/mol. The molecule has 0 saturated carbocycles. The minimum absolute atomic E-state index is 0.0960. The number of carbonyl (C=O) groups excluding carboxylic acids is 3. The van der Waals surface area contributed by atoms with Gasteiger partial charge < -0.3 is 15.4 Å². The van der Waals surface area contributed by atoms with Gasteiger partial charge in [-0.1, -0.05) is 29.8 Å². The topological polar surface area (TPSA) is 84.5 Å². The van der Waals surface area contributed by atoms with Crippen molar-refractivity contribution in [2.45, 2.75) is 24.8 Å². The molecule has 0 aromatic heterocycles. The molecule has 1 atom stereocenters. The maximum atomic E-state index is 13.0. The highest BCUT2D eigenvalue weighted by Gasteiger charge is 2.21. The molecule has 2 amide bonds. The molecule has 33 heavy (non-hydrogen) atoms. The number of rotatable bonds is 8. The third-order valence-corrected chi connectivity index (χ3v) is 5.64. The van der Waals surface area contributed by atoms with Crippen LogP contribution >= 0.6 is 11.8 Å². The van der Waals surface area contributed by atoms with Crippen LogP contribution in [0.1, 0.15) is 22.8 Å². The summed E-state index contributed by atoms with van der Waals surface area (Å²) in [5, 5.41) is 5.38. The van der Waals surface area contributed by atoms with E-state index in [1.165, 1.54) is 43.0 Å². The van der Waals surface area contributed by atoms with Crippen LogP contribution in [0.5, 0.6) is 0 Å². The number of ether oxygens (including phenoxy) is 1. The minimum Gasteiger partial charge on any atom is -0.449 e. The molecule has 8 heteroatoms. The Kier molecular flexibility index (Phi) is 8.21. The van der Waals surface area contributed by atoms with Gasteiger partial charge in [-0.05, 0) is 62.4 Å². The Hall–Kier alpha value is -3.65. The molecule has 0 saturated heterocycles. The molecule has 0 bridgehead atoms. The highest BCUT2D eigenvalue weighted by Crippen LogP contribution is 2.24. The smallest absolute Gasteiger partial charge is 0.340 e. The molecular formula is C25H23FN2O4S. The van der Waals surface area contributed by atoms with E-state index < -0.39 is 23.8 Å². The van der Waals surface area contributed by atoms with Crippen molar-refractivity contribution in [3.05, 3.63) is 89.7 Å². The summed E-state index contributed by atoms with van der Waals surface area (Å²) in [5.41, 5.74) is 2.43. The molecule has 0 fully saturated rings. The van der Waals surface area contributed by atoms with Crippen molar-refractivity contribution in [2.75, 3.05) is 16.4 Å². The monoisotopic (exact) mass is 466 g/mol. The zero-order valence-corrected chi connectivity index (χ0v) is 18.9. The second kappa shape index (κ2) is 11.3. The Morgan fingerprint density at radius 2 is 1.52 bits per heavy atom. The Labute approximate surface area is 195 Å². The number of hydrogen-bond donors (Lipinski definition) is 2. The van der Waals surface area contributed by atoms with Crippen molar-refractivity contribution in [1.29, 1.82) is 0 Å². The lowest BCUT2D eigenvalue weighted by molar-refractivity contribution is -0.123. The fraction of sp³-hybridized carbons (Fsp3) is 0.160. The molecule has 2 N–H and O–H groups in total. The normalized spacial score (nSPS) is 11.4. The highest BCUT2D eigenvalue weighted by atomic mass is 32.2. The number of anilines is 2. The molecule has 0 aliphatic carbocycles. The van der Waals surface area contributed by atoms with E-state index in [1.807, 2.05) is 31.2 Å². The third kappa shape index (κ3) is 7.18. The predicted molar refractivity (Wildman–Crippen MR) is 127 cm³/mol. The van der Waals surface area contributed by atoms with Gasteiger partial charge >= 0.3 is 5.97 Å². The highest BCUT2D eigenvalue weighted by molar-refractivity contribution is 8.00. The van der Waals surface area contributed by atoms with E-state index in [1.54, 1.807) is 24.3 Å². The van der Waals surface area contributed by atoms with Crippen LogP contribution in [0, 0.1) is 12.7 Å². The average molecular weight is 467 g/mol. The number of halogens is 1. The number of aryl methyl sites for hydroxylation is 1. The second-order valence-corrected chi connectivity index (χ2v) is 8.26. The standard InChI is InChI=1S/C25H23FN2O4S/c1-16-7-11-19(12-8-16)27-23(29)15-33-22-6-4-3-5-21(22)25(31)32-17(2)24(30)28-20-13-9-18(26)10-14-20/h3-14,17H,15H2,1-2H3,(H,27,29)(H,28,30). The van der Waals surface area contributed by atoms with Gasteiger partial charge in [0.2, 0.25) is 5.91 Å². The number of thioether (sulfide) groups is 1. The van der Waals surface area contributed by atoms with Crippen LogP contribution in [0.3, 0.4) is 0 Å². The van der Waals surface area contributed by atoms with Gasteiger partial charge in [0.05, 0.1) is 11.3 Å². The number of amides is 2. The molecule has 0 radical (unpaired) electrons. The molecule has 0 spiro atoms. The van der Waals surface area contributed by atoms with Crippen LogP contribution < -0.4 is 10.6 Å². The lowest BCUT2D eigenvalue weighted by Gasteiger charge is -2.15. The molecule has 170 valence electrons. The fourth-order valence-corrected chi connectivity index (χ4v) is 3.63. The van der Waals surface area contributed by atoms with Crippen molar-refractivity contribution in [3.8, 4) is 0 Å². The molecule has 0 aliphatic heterocycles. The van der Waals surface area contributed by atoms with Crippen molar-refractivity contribution >= 4 is 40.9 Å². The molecule has 1 unspecified atom stereocenters. The summed E-state index contributed by atoms with van der Waals surface area (Å²) in [7, 11) is 0. The molecule has 3 aromatic rings. The van der Waals surface area contributed by atoms with Crippen LogP contribution in [0.4, 0.5) is 15.8 Å². The summed E-state index contributed by atoms with van der Waals surface area (Å²) in [6.45, 7) is 3.41. The van der Waals surface area contributed by atoms with Crippen molar-refractivity contribution in [3.63, 3.8) is 0 Å². The lowest BCUT2D eigenvalue weighted by atomic mass is 10.2. The molecule has 3 rings (SSSR count). The van der Waals surface area contributed by atoms with Gasteiger partial charge in [0.15, 0.2) is 6.10 Å². The van der Waals surface area contributed by atoms with Gasteiger partial charge in [-0.2, -0.15) is 0 Å². The SMILES string of the molecule is Cc1ccc(NC(=O)CSc2ccccc2C(=O)OC(C)C(=O)Nc2ccc(F)cc2)cc1. The predicted octanol–water partition coefficient (Wildman–Crippen LogP) is 5.05. The number of hydrogen-bond acceptors (Lipinski definition) is 5. The van der Waals surface area contributed by atoms with Crippen LogP contribution in [-0.4, -0.2) is 29.6 Å². The van der Waals surface area contributed by atoms with Crippen LogP contribution in [-0.2, 0) is 14.3 Å². The van der Waals surface area contributed by atoms with Gasteiger partial charge in [0.25, 0.3) is 5.91 Å². The Morgan fingerprint density at radius 1 is 0.909 bits per heavy atom. The lowest BCUT2D eigenvalue weighted by Crippen LogP contribution is -2.30. The first kappa shape index (κ1) is 24.0. The van der Waals surface area contributed by atoms with E-state index in [0.717, 1.165) is 5.56 Å². The van der Waals surface area contributed by atoms with Gasteiger partial charge in [-0.15, -0.1) is 11.8 Å². The fourth-order valence-electron chi connectivity index (χ4n) is 2.79. The van der Waals surface area contributed by atoms with Crippen LogP contribution in [0.15, 0.2) is 77.7 Å². The molecule has 0 aliphatic rings. The van der Waals surface area contributed by atoms with Crippen LogP contribution in [0.2, 0.25) is 0 Å². The summed E-state index contributed by atoms with van der Waals surface area (Å²) >= 11 is 1.20. The van der Waals surface area contributed by atoms with E-state index in [9.17, 15) is 18.8 Å². The zero-order chi connectivity index (χ0) is 23.8. The summed E-state index contributed by atoms with van der Waals surface area (Å²) in [6.07, 6.45) is -1.08. The second-order valence-electron chi connectivity index (χ2n) is 7.24. The number of benzene rings is 3. The average Bonchev–Trinajstić information content (AvgIpc) is 2.80. The quantitative estimate of drug-likeness (QED) is 0.359. The first-order valence-corrected chi connectivity index (χ1v) is 11.2. The maximum absolute atomic E-state index is 13.0. The minimum atomic E-state index is -1.08. The third-order valence-electron chi connectivity index (χ3n) is 4.57. The van der Waals surface area contributed by atoms with Gasteiger partial charge in [-0.25, -0.2) is 9.18 Å². The summed E-state index contributed by atoms with van der Waals surface area (Å²) in [5.74, 6) is -1.76. The number of esters is 1.